The number of carboxylic acid groups (broad SMARTS) is 1. The summed E-state index contributed by atoms with van der Waals surface area (Å²) in [5, 5.41) is 18.4. The molecule has 118 valence electrons. The zero-order chi connectivity index (χ0) is 15.6. The molecule has 0 aliphatic heterocycles. The Morgan fingerprint density at radius 2 is 2.00 bits per heavy atom. The van der Waals surface area contributed by atoms with Crippen LogP contribution in [0.2, 0.25) is 0 Å². The number of nitrogens with one attached hydrogen (secondary N) is 2. The van der Waals surface area contributed by atoms with Gasteiger partial charge in [0.25, 0.3) is 0 Å². The molecule has 1 atom stereocenters. The van der Waals surface area contributed by atoms with Crippen LogP contribution in [-0.4, -0.2) is 57.6 Å². The van der Waals surface area contributed by atoms with Crippen molar-refractivity contribution >= 4 is 22.0 Å². The predicted molar refractivity (Wildman–Crippen MR) is 71.7 cm³/mol. The number of carboxylic acids is 1. The second-order valence-corrected chi connectivity index (χ2v) is 5.88. The van der Waals surface area contributed by atoms with Crippen molar-refractivity contribution in [3.63, 3.8) is 0 Å². The molecule has 0 fully saturated rings. The lowest BCUT2D eigenvalue weighted by Crippen LogP contribution is -2.46. The fourth-order valence-corrected chi connectivity index (χ4v) is 1.92. The summed E-state index contributed by atoms with van der Waals surface area (Å²) in [5.41, 5.74) is 0. The minimum atomic E-state index is -3.55. The molecule has 1 unspecified atom stereocenters. The molecule has 0 bridgehead atoms. The molecule has 0 aliphatic carbocycles. The smallest absolute Gasteiger partial charge is 0.326 e. The quantitative estimate of drug-likeness (QED) is 0.374. The van der Waals surface area contributed by atoms with Crippen molar-refractivity contribution in [2.24, 2.45) is 5.14 Å². The van der Waals surface area contributed by atoms with E-state index < -0.39 is 28.1 Å². The van der Waals surface area contributed by atoms with E-state index in [1.165, 1.54) is 7.11 Å². The lowest BCUT2D eigenvalue weighted by Gasteiger charge is -2.14. The summed E-state index contributed by atoms with van der Waals surface area (Å²) < 4.78 is 26.1. The van der Waals surface area contributed by atoms with Crippen molar-refractivity contribution in [1.82, 2.24) is 10.6 Å². The van der Waals surface area contributed by atoms with Crippen LogP contribution in [-0.2, 0) is 19.6 Å². The van der Waals surface area contributed by atoms with Gasteiger partial charge < -0.3 is 20.5 Å². The average molecular weight is 311 g/mol. The number of carbonyl (C=O) groups excluding carboxylic acids is 1. The molecule has 0 aromatic rings. The Balaban J connectivity index is 3.98. The Morgan fingerprint density at radius 1 is 1.35 bits per heavy atom. The maximum Gasteiger partial charge on any atom is 0.326 e. The van der Waals surface area contributed by atoms with Crippen LogP contribution in [0.25, 0.3) is 0 Å². The fourth-order valence-electron chi connectivity index (χ4n) is 1.37. The minimum Gasteiger partial charge on any atom is -0.480 e. The van der Waals surface area contributed by atoms with E-state index >= 15 is 0 Å². The van der Waals surface area contributed by atoms with Gasteiger partial charge in [0, 0.05) is 20.3 Å². The lowest BCUT2D eigenvalue weighted by atomic mass is 10.1. The van der Waals surface area contributed by atoms with Gasteiger partial charge in [-0.2, -0.15) is 0 Å². The lowest BCUT2D eigenvalue weighted by molar-refractivity contribution is -0.139. The zero-order valence-corrected chi connectivity index (χ0v) is 12.1. The van der Waals surface area contributed by atoms with E-state index in [9.17, 15) is 18.0 Å². The van der Waals surface area contributed by atoms with Crippen molar-refractivity contribution in [3.05, 3.63) is 0 Å². The van der Waals surface area contributed by atoms with E-state index in [1.54, 1.807) is 0 Å². The fraction of sp³-hybridized carbons (Fsp3) is 0.800. The number of aliphatic carboxylic acids is 1. The number of primary sulfonamides is 1. The first-order valence-corrected chi connectivity index (χ1v) is 7.74. The molecule has 0 rings (SSSR count). The zero-order valence-electron chi connectivity index (χ0n) is 11.3. The number of urea groups is 1. The summed E-state index contributed by atoms with van der Waals surface area (Å²) in [5.74, 6) is -1.38. The molecular formula is C10H21N3O6S. The molecule has 0 heterocycles. The third-order valence-corrected chi connectivity index (χ3v) is 3.19. The van der Waals surface area contributed by atoms with Crippen molar-refractivity contribution in [2.75, 3.05) is 26.0 Å². The van der Waals surface area contributed by atoms with E-state index in [2.05, 4.69) is 10.6 Å². The number of sulfonamides is 1. The molecule has 0 aromatic heterocycles. The van der Waals surface area contributed by atoms with Crippen LogP contribution < -0.4 is 15.8 Å². The minimum absolute atomic E-state index is 0.0900. The molecule has 9 nitrogen and oxygen atoms in total. The van der Waals surface area contributed by atoms with Gasteiger partial charge in [0.15, 0.2) is 0 Å². The summed E-state index contributed by atoms with van der Waals surface area (Å²) in [7, 11) is -2.05. The number of carbonyl (C=O) groups is 2. The van der Waals surface area contributed by atoms with Crippen LogP contribution in [0.5, 0.6) is 0 Å². The van der Waals surface area contributed by atoms with Gasteiger partial charge in [-0.1, -0.05) is 0 Å². The van der Waals surface area contributed by atoms with Crippen molar-refractivity contribution in [1.29, 1.82) is 0 Å². The Bertz CT molecular complexity index is 411. The van der Waals surface area contributed by atoms with Gasteiger partial charge in [0.05, 0.1) is 5.75 Å². The van der Waals surface area contributed by atoms with Crippen molar-refractivity contribution < 1.29 is 27.9 Å². The third-order valence-electron chi connectivity index (χ3n) is 2.34. The highest BCUT2D eigenvalue weighted by Gasteiger charge is 2.19. The van der Waals surface area contributed by atoms with Crippen LogP contribution in [0.15, 0.2) is 0 Å². The largest absolute Gasteiger partial charge is 0.480 e. The molecular weight excluding hydrogens is 290 g/mol. The highest BCUT2D eigenvalue weighted by molar-refractivity contribution is 7.89. The number of hydrogen-bond donors (Lipinski definition) is 4. The van der Waals surface area contributed by atoms with Gasteiger partial charge in [0.2, 0.25) is 10.0 Å². The number of ether oxygens (including phenoxy) is 1. The summed E-state index contributed by atoms with van der Waals surface area (Å²) in [6.07, 6.45) is 0.903. The average Bonchev–Trinajstić information content (AvgIpc) is 2.32. The van der Waals surface area contributed by atoms with Crippen molar-refractivity contribution in [2.45, 2.75) is 25.3 Å². The van der Waals surface area contributed by atoms with Crippen LogP contribution >= 0.6 is 0 Å². The van der Waals surface area contributed by atoms with Crippen LogP contribution in [0.4, 0.5) is 4.79 Å². The van der Waals surface area contributed by atoms with E-state index in [4.69, 9.17) is 15.0 Å². The number of hydrogen-bond acceptors (Lipinski definition) is 5. The third kappa shape index (κ3) is 10.5. The van der Waals surface area contributed by atoms with Crippen LogP contribution in [0, 0.1) is 0 Å². The first-order valence-electron chi connectivity index (χ1n) is 6.03. The molecule has 5 N–H and O–H groups in total. The van der Waals surface area contributed by atoms with Gasteiger partial charge >= 0.3 is 12.0 Å². The highest BCUT2D eigenvalue weighted by atomic mass is 32.2. The number of nitrogens with two attached hydrogens (primary N) is 1. The number of methoxy groups -OCH3 is 1. The molecule has 0 radical (unpaired) electrons. The summed E-state index contributed by atoms with van der Waals surface area (Å²) >= 11 is 0. The van der Waals surface area contributed by atoms with Gasteiger partial charge in [-0.15, -0.1) is 0 Å². The Hall–Kier alpha value is -1.39. The standard InChI is InChI=1S/C10H21N3O6S/c1-19-6-2-4-8(9(14)15)13-10(16)12-5-3-7-20(11,17)18/h8H,2-7H2,1H3,(H,14,15)(H2,11,17,18)(H2,12,13,16). The molecule has 10 heteroatoms. The van der Waals surface area contributed by atoms with E-state index in [0.29, 0.717) is 13.0 Å². The second kappa shape index (κ2) is 9.50. The van der Waals surface area contributed by atoms with Gasteiger partial charge in [-0.05, 0) is 19.3 Å². The second-order valence-electron chi connectivity index (χ2n) is 4.15. The summed E-state index contributed by atoms with van der Waals surface area (Å²) in [6.45, 7) is 0.494. The molecule has 0 aromatic carbocycles. The predicted octanol–water partition coefficient (Wildman–Crippen LogP) is -1.16. The van der Waals surface area contributed by atoms with E-state index in [1.807, 2.05) is 0 Å². The molecule has 0 aliphatic rings. The molecule has 0 spiro atoms. The highest BCUT2D eigenvalue weighted by Crippen LogP contribution is 1.98. The summed E-state index contributed by atoms with van der Waals surface area (Å²) in [4.78, 5) is 22.3. The van der Waals surface area contributed by atoms with Crippen LogP contribution in [0.3, 0.4) is 0 Å². The Kier molecular flexibility index (Phi) is 8.84. The first kappa shape index (κ1) is 18.6. The molecule has 0 saturated heterocycles. The van der Waals surface area contributed by atoms with Crippen LogP contribution in [0.1, 0.15) is 19.3 Å². The number of amides is 2. The van der Waals surface area contributed by atoms with Gasteiger partial charge in [-0.3, -0.25) is 0 Å². The van der Waals surface area contributed by atoms with Gasteiger partial charge in [-0.25, -0.2) is 23.1 Å². The molecule has 20 heavy (non-hydrogen) atoms. The maximum absolute atomic E-state index is 11.4. The Labute approximate surface area is 117 Å². The van der Waals surface area contributed by atoms with E-state index in [-0.39, 0.29) is 25.1 Å². The van der Waals surface area contributed by atoms with Gasteiger partial charge in [0.1, 0.15) is 6.04 Å². The number of rotatable bonds is 10. The molecule has 2 amide bonds. The monoisotopic (exact) mass is 311 g/mol. The van der Waals surface area contributed by atoms with Crippen molar-refractivity contribution in [3.8, 4) is 0 Å². The topological polar surface area (TPSA) is 148 Å². The first-order chi connectivity index (χ1) is 9.26. The summed E-state index contributed by atoms with van der Waals surface area (Å²) in [6, 6.07) is -1.67. The molecule has 0 saturated carbocycles. The maximum atomic E-state index is 11.4. The normalized spacial score (nSPS) is 12.7. The van der Waals surface area contributed by atoms with E-state index in [0.717, 1.165) is 0 Å². The Morgan fingerprint density at radius 3 is 2.50 bits per heavy atom. The SMILES string of the molecule is COCCCC(NC(=O)NCCCS(N)(=O)=O)C(=O)O.